The van der Waals surface area contributed by atoms with Crippen molar-refractivity contribution >= 4 is 17.7 Å². The first-order chi connectivity index (χ1) is 8.24. The number of nitrogen functional groups attached to an aromatic ring is 1. The molecule has 1 heterocycles. The molecule has 0 amide bonds. The van der Waals surface area contributed by atoms with Crippen LogP contribution in [0.2, 0.25) is 0 Å². The van der Waals surface area contributed by atoms with Crippen molar-refractivity contribution in [1.29, 1.82) is 0 Å². The van der Waals surface area contributed by atoms with E-state index >= 15 is 0 Å². The van der Waals surface area contributed by atoms with Gasteiger partial charge in [0.1, 0.15) is 11.3 Å². The Morgan fingerprint density at radius 3 is 2.50 bits per heavy atom. The van der Waals surface area contributed by atoms with Gasteiger partial charge in [-0.05, 0) is 33.8 Å². The van der Waals surface area contributed by atoms with E-state index in [0.717, 1.165) is 4.57 Å². The Balaban J connectivity index is 3.02. The van der Waals surface area contributed by atoms with Gasteiger partial charge in [0, 0.05) is 6.20 Å². The first-order valence-electron chi connectivity index (χ1n) is 5.63. The smallest absolute Gasteiger partial charge is 0.419 e. The van der Waals surface area contributed by atoms with Gasteiger partial charge < -0.3 is 15.2 Å². The number of hydrogen-bond acceptors (Lipinski definition) is 5. The SMILES string of the molecule is CCOC(=O)c1cc(N)cn1C(=O)OC(C)(C)C. The van der Waals surface area contributed by atoms with Gasteiger partial charge in [-0.25, -0.2) is 14.2 Å². The van der Waals surface area contributed by atoms with E-state index in [1.807, 2.05) is 0 Å². The topological polar surface area (TPSA) is 83.5 Å². The van der Waals surface area contributed by atoms with Gasteiger partial charge in [-0.2, -0.15) is 0 Å². The van der Waals surface area contributed by atoms with Crippen LogP contribution in [0.5, 0.6) is 0 Å². The maximum Gasteiger partial charge on any atom is 0.419 e. The molecular formula is C12H18N2O4. The molecule has 18 heavy (non-hydrogen) atoms. The van der Waals surface area contributed by atoms with Crippen LogP contribution in [0, 0.1) is 0 Å². The Hall–Kier alpha value is -1.98. The molecule has 0 bridgehead atoms. The lowest BCUT2D eigenvalue weighted by molar-refractivity contribution is 0.0449. The maximum absolute atomic E-state index is 11.9. The van der Waals surface area contributed by atoms with E-state index in [4.69, 9.17) is 15.2 Å². The Labute approximate surface area is 106 Å². The molecule has 0 aromatic carbocycles. The summed E-state index contributed by atoms with van der Waals surface area (Å²) in [7, 11) is 0. The predicted octanol–water partition coefficient (Wildman–Crippen LogP) is 2.03. The van der Waals surface area contributed by atoms with Gasteiger partial charge in [-0.3, -0.25) is 0 Å². The first kappa shape index (κ1) is 14.1. The second-order valence-electron chi connectivity index (χ2n) is 4.73. The number of ether oxygens (including phenoxy) is 2. The van der Waals surface area contributed by atoms with Crippen LogP contribution in [-0.2, 0) is 9.47 Å². The molecule has 1 rings (SSSR count). The second-order valence-corrected chi connectivity index (χ2v) is 4.73. The number of anilines is 1. The number of nitrogens with two attached hydrogens (primary N) is 1. The van der Waals surface area contributed by atoms with E-state index in [-0.39, 0.29) is 12.3 Å². The molecule has 1 aromatic heterocycles. The van der Waals surface area contributed by atoms with Crippen LogP contribution in [-0.4, -0.2) is 28.8 Å². The summed E-state index contributed by atoms with van der Waals surface area (Å²) in [4.78, 5) is 23.5. The van der Waals surface area contributed by atoms with Crippen LogP contribution < -0.4 is 5.73 Å². The highest BCUT2D eigenvalue weighted by atomic mass is 16.6. The van der Waals surface area contributed by atoms with E-state index in [2.05, 4.69) is 0 Å². The van der Waals surface area contributed by atoms with Crippen LogP contribution in [0.4, 0.5) is 10.5 Å². The lowest BCUT2D eigenvalue weighted by Crippen LogP contribution is -2.28. The molecule has 0 saturated heterocycles. The number of rotatable bonds is 2. The van der Waals surface area contributed by atoms with Gasteiger partial charge >= 0.3 is 12.1 Å². The monoisotopic (exact) mass is 254 g/mol. The standard InChI is InChI=1S/C12H18N2O4/c1-5-17-10(15)9-6-8(13)7-14(9)11(16)18-12(2,3)4/h6-7H,5,13H2,1-4H3. The van der Waals surface area contributed by atoms with E-state index in [9.17, 15) is 9.59 Å². The van der Waals surface area contributed by atoms with E-state index in [1.165, 1.54) is 12.3 Å². The van der Waals surface area contributed by atoms with Crippen molar-refractivity contribution in [2.24, 2.45) is 0 Å². The van der Waals surface area contributed by atoms with Crippen molar-refractivity contribution in [1.82, 2.24) is 4.57 Å². The fourth-order valence-corrected chi connectivity index (χ4v) is 1.31. The Bertz CT molecular complexity index is 457. The minimum atomic E-state index is -0.665. The number of carbonyl (C=O) groups is 2. The van der Waals surface area contributed by atoms with E-state index < -0.39 is 17.7 Å². The average molecular weight is 254 g/mol. The van der Waals surface area contributed by atoms with E-state index in [1.54, 1.807) is 27.7 Å². The van der Waals surface area contributed by atoms with Gasteiger partial charge in [0.2, 0.25) is 0 Å². The summed E-state index contributed by atoms with van der Waals surface area (Å²) in [5, 5.41) is 0. The molecule has 0 saturated carbocycles. The number of hydrogen-bond donors (Lipinski definition) is 1. The normalized spacial score (nSPS) is 11.1. The minimum Gasteiger partial charge on any atom is -0.461 e. The molecule has 6 nitrogen and oxygen atoms in total. The quantitative estimate of drug-likeness (QED) is 0.816. The highest BCUT2D eigenvalue weighted by Crippen LogP contribution is 2.15. The lowest BCUT2D eigenvalue weighted by atomic mass is 10.2. The number of aromatic nitrogens is 1. The lowest BCUT2D eigenvalue weighted by Gasteiger charge is -2.20. The summed E-state index contributed by atoms with van der Waals surface area (Å²) >= 11 is 0. The third-order valence-corrected chi connectivity index (χ3v) is 1.92. The zero-order valence-electron chi connectivity index (χ0n) is 11.0. The highest BCUT2D eigenvalue weighted by Gasteiger charge is 2.23. The molecular weight excluding hydrogens is 236 g/mol. The molecule has 0 radical (unpaired) electrons. The summed E-state index contributed by atoms with van der Waals surface area (Å²) < 4.78 is 11.1. The third kappa shape index (κ3) is 3.51. The van der Waals surface area contributed by atoms with Gasteiger partial charge in [-0.1, -0.05) is 0 Å². The highest BCUT2D eigenvalue weighted by molar-refractivity contribution is 5.93. The molecule has 0 unspecified atom stereocenters. The molecule has 0 aliphatic rings. The molecule has 100 valence electrons. The van der Waals surface area contributed by atoms with Crippen LogP contribution in [0.25, 0.3) is 0 Å². The Morgan fingerprint density at radius 1 is 1.39 bits per heavy atom. The molecule has 2 N–H and O–H groups in total. The molecule has 0 fully saturated rings. The number of carbonyl (C=O) groups excluding carboxylic acids is 2. The summed E-state index contributed by atoms with van der Waals surface area (Å²) in [5.74, 6) is -0.611. The van der Waals surface area contributed by atoms with Crippen molar-refractivity contribution in [3.8, 4) is 0 Å². The van der Waals surface area contributed by atoms with Crippen molar-refractivity contribution in [3.63, 3.8) is 0 Å². The fourth-order valence-electron chi connectivity index (χ4n) is 1.31. The average Bonchev–Trinajstić information content (AvgIpc) is 2.58. The predicted molar refractivity (Wildman–Crippen MR) is 66.4 cm³/mol. The number of nitrogens with zero attached hydrogens (tertiary/aromatic N) is 1. The van der Waals surface area contributed by atoms with Crippen molar-refractivity contribution in [2.75, 3.05) is 12.3 Å². The second kappa shape index (κ2) is 5.12. The van der Waals surface area contributed by atoms with Gasteiger partial charge in [0.25, 0.3) is 0 Å². The van der Waals surface area contributed by atoms with Crippen LogP contribution in [0.3, 0.4) is 0 Å². The number of esters is 1. The Morgan fingerprint density at radius 2 is 2.00 bits per heavy atom. The minimum absolute atomic E-state index is 0.0589. The fraction of sp³-hybridized carbons (Fsp3) is 0.500. The first-order valence-corrected chi connectivity index (χ1v) is 5.63. The summed E-state index contributed by atoms with van der Waals surface area (Å²) in [5.41, 5.74) is 5.28. The summed E-state index contributed by atoms with van der Waals surface area (Å²) in [6, 6.07) is 1.38. The van der Waals surface area contributed by atoms with Gasteiger partial charge in [-0.15, -0.1) is 0 Å². The largest absolute Gasteiger partial charge is 0.461 e. The van der Waals surface area contributed by atoms with Crippen LogP contribution in [0.15, 0.2) is 12.3 Å². The molecule has 0 spiro atoms. The van der Waals surface area contributed by atoms with Crippen molar-refractivity contribution < 1.29 is 19.1 Å². The van der Waals surface area contributed by atoms with Crippen LogP contribution in [0.1, 0.15) is 38.2 Å². The van der Waals surface area contributed by atoms with Crippen LogP contribution >= 0.6 is 0 Å². The van der Waals surface area contributed by atoms with Gasteiger partial charge in [0.15, 0.2) is 0 Å². The molecule has 0 aliphatic heterocycles. The van der Waals surface area contributed by atoms with Gasteiger partial charge in [0.05, 0.1) is 12.3 Å². The molecule has 0 aliphatic carbocycles. The summed E-state index contributed by atoms with van der Waals surface area (Å²) in [6.07, 6.45) is 0.669. The Kier molecular flexibility index (Phi) is 4.00. The van der Waals surface area contributed by atoms with Crippen molar-refractivity contribution in [3.05, 3.63) is 18.0 Å². The zero-order valence-corrected chi connectivity index (χ0v) is 11.0. The molecule has 1 aromatic rings. The molecule has 0 atom stereocenters. The van der Waals surface area contributed by atoms with E-state index in [0.29, 0.717) is 5.69 Å². The summed E-state index contributed by atoms with van der Waals surface area (Å²) in [6.45, 7) is 7.12. The zero-order chi connectivity index (χ0) is 13.9. The van der Waals surface area contributed by atoms with Crippen molar-refractivity contribution in [2.45, 2.75) is 33.3 Å². The third-order valence-electron chi connectivity index (χ3n) is 1.92. The maximum atomic E-state index is 11.9. The molecule has 6 heteroatoms.